The summed E-state index contributed by atoms with van der Waals surface area (Å²) in [6, 6.07) is 0.324. The van der Waals surface area contributed by atoms with E-state index in [9.17, 15) is 9.59 Å². The molecule has 0 aromatic carbocycles. The van der Waals surface area contributed by atoms with Gasteiger partial charge < -0.3 is 15.0 Å². The molecule has 2 saturated carbocycles. The number of hydrogen-bond donors (Lipinski definition) is 1. The summed E-state index contributed by atoms with van der Waals surface area (Å²) in [6.45, 7) is 2.55. The van der Waals surface area contributed by atoms with E-state index in [1.165, 1.54) is 12.8 Å². The van der Waals surface area contributed by atoms with Crippen molar-refractivity contribution in [1.29, 1.82) is 0 Å². The number of carbonyl (C=O) groups excluding carboxylic acids is 2. The Hall–Kier alpha value is -1.36. The van der Waals surface area contributed by atoms with Gasteiger partial charge in [0.05, 0.1) is 25.0 Å². The van der Waals surface area contributed by atoms with E-state index in [1.54, 1.807) is 0 Å². The van der Waals surface area contributed by atoms with Crippen LogP contribution in [0, 0.1) is 23.7 Å². The monoisotopic (exact) mass is 318 g/mol. The average Bonchev–Trinajstić information content (AvgIpc) is 3.31. The second kappa shape index (κ2) is 6.27. The van der Waals surface area contributed by atoms with Crippen LogP contribution >= 0.6 is 0 Å². The van der Waals surface area contributed by atoms with E-state index in [4.69, 9.17) is 4.74 Å². The lowest BCUT2D eigenvalue weighted by Crippen LogP contribution is -2.50. The van der Waals surface area contributed by atoms with E-state index in [1.807, 2.05) is 4.90 Å². The summed E-state index contributed by atoms with van der Waals surface area (Å²) in [6.07, 6.45) is 9.87. The normalized spacial score (nSPS) is 36.6. The van der Waals surface area contributed by atoms with Crippen LogP contribution in [0.3, 0.4) is 0 Å². The Bertz CT molecular complexity index is 506. The molecule has 126 valence electrons. The molecule has 0 aromatic heterocycles. The van der Waals surface area contributed by atoms with E-state index in [2.05, 4.69) is 17.5 Å². The number of rotatable bonds is 3. The predicted octanol–water partition coefficient (Wildman–Crippen LogP) is 1.34. The van der Waals surface area contributed by atoms with Gasteiger partial charge >= 0.3 is 0 Å². The smallest absolute Gasteiger partial charge is 0.227 e. The van der Waals surface area contributed by atoms with Crippen LogP contribution in [0.1, 0.15) is 32.1 Å². The third-order valence-corrected chi connectivity index (χ3v) is 6.07. The van der Waals surface area contributed by atoms with Crippen LogP contribution in [0.2, 0.25) is 0 Å². The van der Waals surface area contributed by atoms with Crippen molar-refractivity contribution in [3.8, 4) is 0 Å². The van der Waals surface area contributed by atoms with Crippen LogP contribution in [0.15, 0.2) is 12.2 Å². The van der Waals surface area contributed by atoms with Gasteiger partial charge in [0.2, 0.25) is 11.8 Å². The number of nitrogens with zero attached hydrogens (tertiary/aromatic N) is 1. The van der Waals surface area contributed by atoms with Crippen LogP contribution in [-0.2, 0) is 14.3 Å². The number of hydrogen-bond acceptors (Lipinski definition) is 3. The molecule has 0 radical (unpaired) electrons. The molecule has 4 aliphatic rings. The number of morpholine rings is 1. The summed E-state index contributed by atoms with van der Waals surface area (Å²) in [5, 5.41) is 3.23. The van der Waals surface area contributed by atoms with Crippen LogP contribution in [-0.4, -0.2) is 49.1 Å². The lowest BCUT2D eigenvalue weighted by molar-refractivity contribution is -0.145. The first-order valence-electron chi connectivity index (χ1n) is 9.09. The fourth-order valence-corrected chi connectivity index (χ4v) is 4.88. The molecule has 0 spiro atoms. The first-order chi connectivity index (χ1) is 11.2. The zero-order valence-corrected chi connectivity index (χ0v) is 13.6. The van der Waals surface area contributed by atoms with Gasteiger partial charge in [0.15, 0.2) is 0 Å². The Morgan fingerprint density at radius 3 is 2.35 bits per heavy atom. The fourth-order valence-electron chi connectivity index (χ4n) is 4.88. The second-order valence-electron chi connectivity index (χ2n) is 7.43. The molecule has 5 heteroatoms. The van der Waals surface area contributed by atoms with Crippen molar-refractivity contribution in [1.82, 2.24) is 10.2 Å². The number of amides is 2. The lowest BCUT2D eigenvalue weighted by Gasteiger charge is -2.34. The molecule has 5 nitrogen and oxygen atoms in total. The molecule has 2 amide bonds. The van der Waals surface area contributed by atoms with Gasteiger partial charge in [-0.2, -0.15) is 0 Å². The SMILES string of the molecule is O=C(NC1CCCC1)[C@H]1[C@H](C(=O)N2CCOCC2)[C@H]2C=C[C@H]1C2. The Morgan fingerprint density at radius 2 is 1.65 bits per heavy atom. The number of carbonyl (C=O) groups is 2. The van der Waals surface area contributed by atoms with Gasteiger partial charge in [-0.15, -0.1) is 0 Å². The number of allylic oxidation sites excluding steroid dienone is 2. The standard InChI is InChI=1S/C18H26N2O3/c21-17(19-14-3-1-2-4-14)15-12-5-6-13(11-12)16(15)18(22)20-7-9-23-10-8-20/h5-6,12-16H,1-4,7-11H2,(H,19,21)/t12-,13-,15+,16+/m0/s1. The minimum absolute atomic E-state index is 0.111. The summed E-state index contributed by atoms with van der Waals surface area (Å²) in [5.41, 5.74) is 0. The van der Waals surface area contributed by atoms with Gasteiger partial charge in [-0.1, -0.05) is 25.0 Å². The van der Waals surface area contributed by atoms with Crippen LogP contribution < -0.4 is 5.32 Å². The molecule has 3 fully saturated rings. The summed E-state index contributed by atoms with van der Waals surface area (Å²) in [5.74, 6) is 0.439. The van der Waals surface area contributed by atoms with Gasteiger partial charge in [0.1, 0.15) is 0 Å². The molecule has 0 unspecified atom stereocenters. The maximum absolute atomic E-state index is 13.0. The zero-order valence-electron chi connectivity index (χ0n) is 13.6. The lowest BCUT2D eigenvalue weighted by atomic mass is 9.81. The molecule has 3 aliphatic carbocycles. The van der Waals surface area contributed by atoms with Gasteiger partial charge in [0.25, 0.3) is 0 Å². The van der Waals surface area contributed by atoms with E-state index in [-0.39, 0.29) is 35.5 Å². The van der Waals surface area contributed by atoms with Gasteiger partial charge in [-0.3, -0.25) is 9.59 Å². The Kier molecular flexibility index (Phi) is 4.14. The van der Waals surface area contributed by atoms with Crippen molar-refractivity contribution in [2.75, 3.05) is 26.3 Å². The number of ether oxygens (including phenoxy) is 1. The Balaban J connectivity index is 1.48. The predicted molar refractivity (Wildman–Crippen MR) is 85.5 cm³/mol. The third kappa shape index (κ3) is 2.80. The van der Waals surface area contributed by atoms with Crippen molar-refractivity contribution in [3.63, 3.8) is 0 Å². The Labute approximate surface area is 137 Å². The third-order valence-electron chi connectivity index (χ3n) is 6.07. The molecule has 4 rings (SSSR count). The first kappa shape index (κ1) is 15.2. The molecule has 0 aromatic rings. The molecule has 23 heavy (non-hydrogen) atoms. The highest BCUT2D eigenvalue weighted by atomic mass is 16.5. The maximum Gasteiger partial charge on any atom is 0.227 e. The van der Waals surface area contributed by atoms with Gasteiger partial charge in [-0.05, 0) is 31.1 Å². The molecular formula is C18H26N2O3. The summed E-state index contributed by atoms with van der Waals surface area (Å²) < 4.78 is 5.35. The van der Waals surface area contributed by atoms with Crippen LogP contribution in [0.4, 0.5) is 0 Å². The molecule has 4 atom stereocenters. The van der Waals surface area contributed by atoms with Crippen molar-refractivity contribution in [2.24, 2.45) is 23.7 Å². The second-order valence-corrected chi connectivity index (χ2v) is 7.43. The van der Waals surface area contributed by atoms with Crippen LogP contribution in [0.25, 0.3) is 0 Å². The van der Waals surface area contributed by atoms with E-state index in [0.717, 1.165) is 19.3 Å². The van der Waals surface area contributed by atoms with Crippen molar-refractivity contribution in [2.45, 2.75) is 38.1 Å². The zero-order chi connectivity index (χ0) is 15.8. The van der Waals surface area contributed by atoms with E-state index < -0.39 is 0 Å². The van der Waals surface area contributed by atoms with Gasteiger partial charge in [0, 0.05) is 19.1 Å². The van der Waals surface area contributed by atoms with Crippen LogP contribution in [0.5, 0.6) is 0 Å². The van der Waals surface area contributed by atoms with E-state index in [0.29, 0.717) is 32.3 Å². The minimum atomic E-state index is -0.166. The summed E-state index contributed by atoms with van der Waals surface area (Å²) in [4.78, 5) is 27.7. The van der Waals surface area contributed by atoms with Crippen molar-refractivity contribution >= 4 is 11.8 Å². The summed E-state index contributed by atoms with van der Waals surface area (Å²) >= 11 is 0. The quantitative estimate of drug-likeness (QED) is 0.799. The van der Waals surface area contributed by atoms with Crippen molar-refractivity contribution < 1.29 is 14.3 Å². The number of fused-ring (bicyclic) bond motifs is 2. The first-order valence-corrected chi connectivity index (χ1v) is 9.09. The summed E-state index contributed by atoms with van der Waals surface area (Å²) in [7, 11) is 0. The van der Waals surface area contributed by atoms with Crippen molar-refractivity contribution in [3.05, 3.63) is 12.2 Å². The molecule has 1 aliphatic heterocycles. The van der Waals surface area contributed by atoms with E-state index >= 15 is 0 Å². The molecule has 1 saturated heterocycles. The number of nitrogens with one attached hydrogen (secondary N) is 1. The highest BCUT2D eigenvalue weighted by molar-refractivity contribution is 5.90. The Morgan fingerprint density at radius 1 is 1.00 bits per heavy atom. The molecule has 1 heterocycles. The average molecular weight is 318 g/mol. The largest absolute Gasteiger partial charge is 0.378 e. The molecule has 2 bridgehead atoms. The highest BCUT2D eigenvalue weighted by Crippen LogP contribution is 2.49. The molecule has 1 N–H and O–H groups in total. The highest BCUT2D eigenvalue weighted by Gasteiger charge is 2.52. The fraction of sp³-hybridized carbons (Fsp3) is 0.778. The minimum Gasteiger partial charge on any atom is -0.378 e. The van der Waals surface area contributed by atoms with Gasteiger partial charge in [-0.25, -0.2) is 0 Å². The maximum atomic E-state index is 13.0. The molecular weight excluding hydrogens is 292 g/mol. The topological polar surface area (TPSA) is 58.6 Å².